The summed E-state index contributed by atoms with van der Waals surface area (Å²) in [6, 6.07) is 10.1. The Morgan fingerprint density at radius 1 is 1.14 bits per heavy atom. The number of benzene rings is 1. The number of rotatable bonds is 7. The van der Waals surface area contributed by atoms with E-state index in [2.05, 4.69) is 24.1 Å². The summed E-state index contributed by atoms with van der Waals surface area (Å²) in [6.07, 6.45) is 3.55. The number of pyridine rings is 1. The number of nitrogens with one attached hydrogen (secondary N) is 1. The minimum absolute atomic E-state index is 0.438. The van der Waals surface area contributed by atoms with Crippen LogP contribution in [-0.2, 0) is 6.54 Å². The van der Waals surface area contributed by atoms with E-state index in [1.165, 1.54) is 0 Å². The molecule has 0 aliphatic rings. The normalized spacial score (nSPS) is 10.7. The average Bonchev–Trinajstić information content (AvgIpc) is 2.48. The first-order valence-electron chi connectivity index (χ1n) is 7.26. The van der Waals surface area contributed by atoms with Crippen LogP contribution in [0.25, 0.3) is 0 Å². The Hall–Kier alpha value is -2.07. The van der Waals surface area contributed by atoms with Gasteiger partial charge in [-0.3, -0.25) is 4.98 Å². The third kappa shape index (κ3) is 4.76. The molecule has 0 aliphatic heterocycles. The highest BCUT2D eigenvalue weighted by molar-refractivity contribution is 5.42. The van der Waals surface area contributed by atoms with Gasteiger partial charge in [0.2, 0.25) is 0 Å². The predicted octanol–water partition coefficient (Wildman–Crippen LogP) is 3.77. The maximum atomic E-state index is 5.89. The van der Waals surface area contributed by atoms with Crippen LogP contribution in [0.1, 0.15) is 26.3 Å². The molecule has 0 fully saturated rings. The van der Waals surface area contributed by atoms with Gasteiger partial charge in [0.15, 0.2) is 11.5 Å². The van der Waals surface area contributed by atoms with Gasteiger partial charge in [0.1, 0.15) is 5.75 Å². The minimum Gasteiger partial charge on any atom is -0.490 e. The number of para-hydroxylation sites is 2. The van der Waals surface area contributed by atoms with Gasteiger partial charge in [0.05, 0.1) is 12.8 Å². The second-order valence-corrected chi connectivity index (χ2v) is 5.05. The van der Waals surface area contributed by atoms with Gasteiger partial charge >= 0.3 is 0 Å². The molecule has 0 atom stereocenters. The van der Waals surface area contributed by atoms with Crippen LogP contribution in [-0.4, -0.2) is 17.6 Å². The van der Waals surface area contributed by atoms with Gasteiger partial charge in [-0.25, -0.2) is 0 Å². The van der Waals surface area contributed by atoms with Crippen LogP contribution in [0.15, 0.2) is 42.7 Å². The lowest BCUT2D eigenvalue weighted by Crippen LogP contribution is -2.21. The highest BCUT2D eigenvalue weighted by Crippen LogP contribution is 2.31. The molecule has 1 N–H and O–H groups in total. The first-order valence-corrected chi connectivity index (χ1v) is 7.26. The van der Waals surface area contributed by atoms with E-state index in [0.29, 0.717) is 24.1 Å². The van der Waals surface area contributed by atoms with Crippen LogP contribution in [0.4, 0.5) is 0 Å². The van der Waals surface area contributed by atoms with Crippen LogP contribution < -0.4 is 14.8 Å². The zero-order valence-electron chi connectivity index (χ0n) is 12.8. The lowest BCUT2D eigenvalue weighted by Gasteiger charge is -2.12. The van der Waals surface area contributed by atoms with Crippen molar-refractivity contribution in [3.05, 3.63) is 48.3 Å². The average molecular weight is 286 g/mol. The highest BCUT2D eigenvalue weighted by atomic mass is 16.5. The fourth-order valence-corrected chi connectivity index (χ4v) is 1.87. The summed E-state index contributed by atoms with van der Waals surface area (Å²) in [7, 11) is 0. The summed E-state index contributed by atoms with van der Waals surface area (Å²) in [5.41, 5.74) is 1.09. The molecule has 0 unspecified atom stereocenters. The highest BCUT2D eigenvalue weighted by Gasteiger charge is 2.06. The second kappa shape index (κ2) is 7.64. The molecule has 21 heavy (non-hydrogen) atoms. The molecule has 0 aliphatic carbocycles. The molecule has 0 bridgehead atoms. The van der Waals surface area contributed by atoms with Gasteiger partial charge in [0, 0.05) is 18.8 Å². The fourth-order valence-electron chi connectivity index (χ4n) is 1.87. The molecule has 0 saturated carbocycles. The molecule has 2 rings (SSSR count). The van der Waals surface area contributed by atoms with Crippen LogP contribution in [0, 0.1) is 0 Å². The van der Waals surface area contributed by atoms with E-state index in [1.54, 1.807) is 6.20 Å². The molecule has 2 aromatic rings. The van der Waals surface area contributed by atoms with E-state index in [9.17, 15) is 0 Å². The van der Waals surface area contributed by atoms with E-state index < -0.39 is 0 Å². The fraction of sp³-hybridized carbons (Fsp3) is 0.353. The van der Waals surface area contributed by atoms with Crippen molar-refractivity contribution in [2.24, 2.45) is 0 Å². The first-order chi connectivity index (χ1) is 10.2. The Morgan fingerprint density at radius 2 is 1.90 bits per heavy atom. The van der Waals surface area contributed by atoms with E-state index in [0.717, 1.165) is 17.9 Å². The lowest BCUT2D eigenvalue weighted by molar-refractivity contribution is 0.321. The molecule has 0 radical (unpaired) electrons. The number of hydrogen-bond donors (Lipinski definition) is 1. The van der Waals surface area contributed by atoms with Crippen molar-refractivity contribution in [1.82, 2.24) is 10.3 Å². The molecule has 1 aromatic heterocycles. The topological polar surface area (TPSA) is 43.4 Å². The molecule has 4 heteroatoms. The van der Waals surface area contributed by atoms with Gasteiger partial charge < -0.3 is 14.8 Å². The van der Waals surface area contributed by atoms with Crippen molar-refractivity contribution in [3.63, 3.8) is 0 Å². The summed E-state index contributed by atoms with van der Waals surface area (Å²) in [6.45, 7) is 7.57. The van der Waals surface area contributed by atoms with E-state index in [4.69, 9.17) is 9.47 Å². The number of ether oxygens (including phenoxy) is 2. The van der Waals surface area contributed by atoms with Gasteiger partial charge in [-0.05, 0) is 30.7 Å². The summed E-state index contributed by atoms with van der Waals surface area (Å²) >= 11 is 0. The molecule has 1 aromatic carbocycles. The van der Waals surface area contributed by atoms with E-state index >= 15 is 0 Å². The third-order valence-electron chi connectivity index (χ3n) is 2.86. The van der Waals surface area contributed by atoms with Crippen molar-refractivity contribution in [2.75, 3.05) is 6.61 Å². The standard InChI is InChI=1S/C17H22N2O2/c1-4-20-16-7-5-6-8-17(16)21-15-9-14(10-18-12-15)11-19-13(2)3/h5-10,12-13,19H,4,11H2,1-3H3. The van der Waals surface area contributed by atoms with Crippen LogP contribution in [0.5, 0.6) is 17.2 Å². The molecule has 112 valence electrons. The minimum atomic E-state index is 0.438. The van der Waals surface area contributed by atoms with Gasteiger partial charge in [-0.1, -0.05) is 26.0 Å². The van der Waals surface area contributed by atoms with Gasteiger partial charge in [-0.15, -0.1) is 0 Å². The summed E-state index contributed by atoms with van der Waals surface area (Å²) in [4.78, 5) is 4.23. The van der Waals surface area contributed by atoms with E-state index in [-0.39, 0.29) is 0 Å². The summed E-state index contributed by atoms with van der Waals surface area (Å²) in [5, 5.41) is 3.36. The lowest BCUT2D eigenvalue weighted by atomic mass is 10.2. The monoisotopic (exact) mass is 286 g/mol. The number of aromatic nitrogens is 1. The predicted molar refractivity (Wildman–Crippen MR) is 83.9 cm³/mol. The van der Waals surface area contributed by atoms with Crippen LogP contribution >= 0.6 is 0 Å². The van der Waals surface area contributed by atoms with Crippen molar-refractivity contribution in [1.29, 1.82) is 0 Å². The van der Waals surface area contributed by atoms with Gasteiger partial charge in [-0.2, -0.15) is 0 Å². The van der Waals surface area contributed by atoms with Crippen molar-refractivity contribution in [3.8, 4) is 17.2 Å². The number of hydrogen-bond acceptors (Lipinski definition) is 4. The SMILES string of the molecule is CCOc1ccccc1Oc1cncc(CNC(C)C)c1. The Kier molecular flexibility index (Phi) is 5.58. The molecule has 0 saturated heterocycles. The smallest absolute Gasteiger partial charge is 0.169 e. The van der Waals surface area contributed by atoms with E-state index in [1.807, 2.05) is 43.5 Å². The zero-order chi connectivity index (χ0) is 15.1. The maximum absolute atomic E-state index is 5.89. The molecular formula is C17H22N2O2. The Balaban J connectivity index is 2.11. The summed E-state index contributed by atoms with van der Waals surface area (Å²) < 4.78 is 11.5. The van der Waals surface area contributed by atoms with Crippen molar-refractivity contribution < 1.29 is 9.47 Å². The molecule has 0 spiro atoms. The molecule has 4 nitrogen and oxygen atoms in total. The van der Waals surface area contributed by atoms with Crippen LogP contribution in [0.3, 0.4) is 0 Å². The third-order valence-corrected chi connectivity index (χ3v) is 2.86. The number of nitrogens with zero attached hydrogens (tertiary/aromatic N) is 1. The van der Waals surface area contributed by atoms with Gasteiger partial charge in [0.25, 0.3) is 0 Å². The van der Waals surface area contributed by atoms with Crippen molar-refractivity contribution >= 4 is 0 Å². The summed E-state index contributed by atoms with van der Waals surface area (Å²) in [5.74, 6) is 2.16. The molecule has 0 amide bonds. The largest absolute Gasteiger partial charge is 0.490 e. The first kappa shape index (κ1) is 15.3. The Morgan fingerprint density at radius 3 is 2.62 bits per heavy atom. The van der Waals surface area contributed by atoms with Crippen molar-refractivity contribution in [2.45, 2.75) is 33.4 Å². The second-order valence-electron chi connectivity index (χ2n) is 5.05. The zero-order valence-corrected chi connectivity index (χ0v) is 12.8. The Labute approximate surface area is 126 Å². The molecular weight excluding hydrogens is 264 g/mol. The Bertz CT molecular complexity index is 570. The molecule has 1 heterocycles. The maximum Gasteiger partial charge on any atom is 0.169 e. The van der Waals surface area contributed by atoms with Crippen LogP contribution in [0.2, 0.25) is 0 Å². The quantitative estimate of drug-likeness (QED) is 0.841.